The minimum absolute atomic E-state index is 0.141. The predicted octanol–water partition coefficient (Wildman–Crippen LogP) is 3.32. The Morgan fingerprint density at radius 1 is 1.26 bits per heavy atom. The molecular weight excluding hydrogens is 253 g/mol. The third kappa shape index (κ3) is 2.49. The number of nitrogens with zero attached hydrogens (tertiary/aromatic N) is 1. The van der Waals surface area contributed by atoms with E-state index in [2.05, 4.69) is 0 Å². The Morgan fingerprint density at radius 2 is 1.89 bits per heavy atom. The molecule has 1 atom stereocenters. The predicted molar refractivity (Wildman–Crippen MR) is 68.5 cm³/mol. The van der Waals surface area contributed by atoms with Crippen LogP contribution in [-0.2, 0) is 12.7 Å². The van der Waals surface area contributed by atoms with Gasteiger partial charge in [0, 0.05) is 24.7 Å². The molecule has 0 saturated heterocycles. The van der Waals surface area contributed by atoms with Gasteiger partial charge in [-0.1, -0.05) is 12.1 Å². The van der Waals surface area contributed by atoms with Gasteiger partial charge in [-0.15, -0.1) is 0 Å². The molecule has 0 amide bonds. The lowest BCUT2D eigenvalue weighted by atomic mass is 9.99. The fraction of sp³-hybridized carbons (Fsp3) is 0.571. The van der Waals surface area contributed by atoms with Crippen molar-refractivity contribution >= 4 is 0 Å². The maximum atomic E-state index is 13.0. The Morgan fingerprint density at radius 3 is 2.37 bits per heavy atom. The van der Waals surface area contributed by atoms with E-state index in [0.29, 0.717) is 24.2 Å². The van der Waals surface area contributed by atoms with Crippen LogP contribution in [0.1, 0.15) is 43.5 Å². The van der Waals surface area contributed by atoms with E-state index in [1.165, 1.54) is 6.07 Å². The highest BCUT2D eigenvalue weighted by molar-refractivity contribution is 5.42. The van der Waals surface area contributed by atoms with Gasteiger partial charge >= 0.3 is 6.18 Å². The van der Waals surface area contributed by atoms with Crippen molar-refractivity contribution < 1.29 is 13.2 Å². The van der Waals surface area contributed by atoms with E-state index in [1.807, 2.05) is 25.7 Å². The molecule has 0 spiro atoms. The van der Waals surface area contributed by atoms with E-state index in [4.69, 9.17) is 5.73 Å². The Labute approximate surface area is 111 Å². The molecule has 1 aromatic rings. The molecule has 1 aromatic carbocycles. The Hall–Kier alpha value is -1.07. The SMILES string of the molecule is CC(C)(C)N1Cc2c(cccc2C(F)(F)F)C1CN. The molecule has 1 aliphatic rings. The summed E-state index contributed by atoms with van der Waals surface area (Å²) in [5, 5.41) is 0. The van der Waals surface area contributed by atoms with Gasteiger partial charge < -0.3 is 5.73 Å². The lowest BCUT2D eigenvalue weighted by Gasteiger charge is -2.36. The summed E-state index contributed by atoms with van der Waals surface area (Å²) in [6, 6.07) is 4.24. The maximum Gasteiger partial charge on any atom is 0.416 e. The summed E-state index contributed by atoms with van der Waals surface area (Å²) in [4.78, 5) is 2.03. The molecule has 1 aliphatic heterocycles. The second-order valence-electron chi connectivity index (χ2n) is 5.92. The summed E-state index contributed by atoms with van der Waals surface area (Å²) in [5.74, 6) is 0. The van der Waals surface area contributed by atoms with Gasteiger partial charge in [-0.05, 0) is 38.0 Å². The van der Waals surface area contributed by atoms with Crippen LogP contribution in [0.5, 0.6) is 0 Å². The van der Waals surface area contributed by atoms with Crippen molar-refractivity contribution in [3.63, 3.8) is 0 Å². The van der Waals surface area contributed by atoms with Crippen LogP contribution in [-0.4, -0.2) is 17.0 Å². The summed E-state index contributed by atoms with van der Waals surface area (Å²) in [5.41, 5.74) is 6.11. The highest BCUT2D eigenvalue weighted by atomic mass is 19.4. The van der Waals surface area contributed by atoms with Crippen molar-refractivity contribution in [1.29, 1.82) is 0 Å². The van der Waals surface area contributed by atoms with Crippen LogP contribution in [0.15, 0.2) is 18.2 Å². The fourth-order valence-corrected chi connectivity index (χ4v) is 2.77. The number of fused-ring (bicyclic) bond motifs is 1. The molecule has 1 unspecified atom stereocenters. The van der Waals surface area contributed by atoms with E-state index < -0.39 is 11.7 Å². The zero-order valence-electron chi connectivity index (χ0n) is 11.4. The lowest BCUT2D eigenvalue weighted by molar-refractivity contribution is -0.138. The topological polar surface area (TPSA) is 29.3 Å². The number of halogens is 3. The number of hydrogen-bond acceptors (Lipinski definition) is 2. The van der Waals surface area contributed by atoms with Gasteiger partial charge in [0.1, 0.15) is 0 Å². The highest BCUT2D eigenvalue weighted by Gasteiger charge is 2.42. The van der Waals surface area contributed by atoms with Crippen molar-refractivity contribution in [2.24, 2.45) is 5.73 Å². The first-order valence-corrected chi connectivity index (χ1v) is 6.32. The second-order valence-corrected chi connectivity index (χ2v) is 5.92. The Balaban J connectivity index is 2.52. The van der Waals surface area contributed by atoms with E-state index in [-0.39, 0.29) is 11.6 Å². The van der Waals surface area contributed by atoms with Crippen molar-refractivity contribution in [2.45, 2.75) is 45.1 Å². The van der Waals surface area contributed by atoms with E-state index in [0.717, 1.165) is 6.07 Å². The third-order valence-electron chi connectivity index (χ3n) is 3.67. The molecule has 2 nitrogen and oxygen atoms in total. The molecule has 0 saturated carbocycles. The molecule has 2 N–H and O–H groups in total. The molecule has 106 valence electrons. The van der Waals surface area contributed by atoms with Gasteiger partial charge in [0.25, 0.3) is 0 Å². The molecule has 5 heteroatoms. The number of benzene rings is 1. The fourth-order valence-electron chi connectivity index (χ4n) is 2.77. The Kier molecular flexibility index (Phi) is 3.39. The second kappa shape index (κ2) is 4.49. The lowest BCUT2D eigenvalue weighted by Crippen LogP contribution is -2.42. The molecule has 0 radical (unpaired) electrons. The standard InChI is InChI=1S/C14H19F3N2/c1-13(2,3)19-8-10-9(12(19)7-18)5-4-6-11(10)14(15,16)17/h4-6,12H,7-8,18H2,1-3H3. The number of hydrogen-bond donors (Lipinski definition) is 1. The first-order valence-electron chi connectivity index (χ1n) is 6.32. The smallest absolute Gasteiger partial charge is 0.329 e. The van der Waals surface area contributed by atoms with Gasteiger partial charge in [-0.25, -0.2) is 0 Å². The highest BCUT2D eigenvalue weighted by Crippen LogP contribution is 2.43. The van der Waals surface area contributed by atoms with Crippen LogP contribution in [0.4, 0.5) is 13.2 Å². The zero-order valence-corrected chi connectivity index (χ0v) is 11.4. The molecule has 1 heterocycles. The number of nitrogens with two attached hydrogens (primary N) is 1. The molecule has 19 heavy (non-hydrogen) atoms. The van der Waals surface area contributed by atoms with Gasteiger partial charge in [0.05, 0.1) is 5.56 Å². The van der Waals surface area contributed by atoms with Gasteiger partial charge in [0.2, 0.25) is 0 Å². The average molecular weight is 272 g/mol. The first-order chi connectivity index (χ1) is 8.66. The summed E-state index contributed by atoms with van der Waals surface area (Å²) >= 11 is 0. The van der Waals surface area contributed by atoms with E-state index >= 15 is 0 Å². The molecule has 2 rings (SSSR count). The zero-order chi connectivity index (χ0) is 14.4. The number of rotatable bonds is 1. The first kappa shape index (κ1) is 14.3. The van der Waals surface area contributed by atoms with Crippen molar-refractivity contribution in [3.8, 4) is 0 Å². The van der Waals surface area contributed by atoms with Crippen LogP contribution < -0.4 is 5.73 Å². The van der Waals surface area contributed by atoms with Crippen LogP contribution >= 0.6 is 0 Å². The van der Waals surface area contributed by atoms with Crippen molar-refractivity contribution in [3.05, 3.63) is 34.9 Å². The summed E-state index contributed by atoms with van der Waals surface area (Å²) in [7, 11) is 0. The Bertz CT molecular complexity index is 475. The molecule has 0 aromatic heterocycles. The van der Waals surface area contributed by atoms with Gasteiger partial charge in [-0.3, -0.25) is 4.90 Å². The molecular formula is C14H19F3N2. The van der Waals surface area contributed by atoms with Crippen LogP contribution in [0, 0.1) is 0 Å². The van der Waals surface area contributed by atoms with Crippen molar-refractivity contribution in [2.75, 3.05) is 6.54 Å². The largest absolute Gasteiger partial charge is 0.416 e. The molecule has 0 aliphatic carbocycles. The monoisotopic (exact) mass is 272 g/mol. The minimum atomic E-state index is -4.31. The summed E-state index contributed by atoms with van der Waals surface area (Å²) < 4.78 is 39.1. The van der Waals surface area contributed by atoms with Crippen LogP contribution in [0.3, 0.4) is 0 Å². The number of alkyl halides is 3. The minimum Gasteiger partial charge on any atom is -0.329 e. The molecule has 0 fully saturated rings. The van der Waals surface area contributed by atoms with Crippen LogP contribution in [0.25, 0.3) is 0 Å². The quantitative estimate of drug-likeness (QED) is 0.849. The molecule has 0 bridgehead atoms. The van der Waals surface area contributed by atoms with Gasteiger partial charge in [-0.2, -0.15) is 13.2 Å². The van der Waals surface area contributed by atoms with Gasteiger partial charge in [0.15, 0.2) is 0 Å². The van der Waals surface area contributed by atoms with E-state index in [9.17, 15) is 13.2 Å². The normalized spacial score (nSPS) is 20.7. The summed E-state index contributed by atoms with van der Waals surface area (Å²) in [6.07, 6.45) is -4.31. The maximum absolute atomic E-state index is 13.0. The van der Waals surface area contributed by atoms with Crippen LogP contribution in [0.2, 0.25) is 0 Å². The van der Waals surface area contributed by atoms with Crippen molar-refractivity contribution in [1.82, 2.24) is 4.90 Å². The third-order valence-corrected chi connectivity index (χ3v) is 3.67. The van der Waals surface area contributed by atoms with E-state index in [1.54, 1.807) is 6.07 Å². The summed E-state index contributed by atoms with van der Waals surface area (Å²) in [6.45, 7) is 6.61. The average Bonchev–Trinajstić information content (AvgIpc) is 2.65.